The van der Waals surface area contributed by atoms with Crippen molar-refractivity contribution in [1.29, 1.82) is 0 Å². The summed E-state index contributed by atoms with van der Waals surface area (Å²) in [5.41, 5.74) is -0.252. The maximum Gasteiger partial charge on any atom is 0.230 e. The Morgan fingerprint density at radius 1 is 1.19 bits per heavy atom. The van der Waals surface area contributed by atoms with E-state index in [0.29, 0.717) is 5.56 Å². The zero-order chi connectivity index (χ0) is 16.4. The Balaban J connectivity index is 2.97. The predicted molar refractivity (Wildman–Crippen MR) is 83.7 cm³/mol. The van der Waals surface area contributed by atoms with E-state index in [1.807, 2.05) is 25.5 Å². The van der Waals surface area contributed by atoms with Crippen molar-refractivity contribution in [3.8, 4) is 0 Å². The standard InChI is InChI=1S/C13H20F2N2O2S2/c1-8(16-20-13(2,3)4)9-6-10(14)12(11(15)7-9)17-21(5,18)19/h6-8,16-17H,1-5H3/t8-/m1/s1. The number of halogens is 2. The molecule has 0 aromatic heterocycles. The van der Waals surface area contributed by atoms with Crippen LogP contribution in [0.5, 0.6) is 0 Å². The Labute approximate surface area is 128 Å². The van der Waals surface area contributed by atoms with Crippen LogP contribution in [0, 0.1) is 11.6 Å². The maximum atomic E-state index is 13.9. The molecule has 0 unspecified atom stereocenters. The molecule has 8 heteroatoms. The smallest absolute Gasteiger partial charge is 0.230 e. The largest absolute Gasteiger partial charge is 0.278 e. The lowest BCUT2D eigenvalue weighted by molar-refractivity contribution is 0.577. The van der Waals surface area contributed by atoms with Crippen molar-refractivity contribution in [2.45, 2.75) is 38.5 Å². The average Bonchev–Trinajstić information content (AvgIpc) is 2.28. The lowest BCUT2D eigenvalue weighted by Crippen LogP contribution is -2.20. The molecule has 0 bridgehead atoms. The molecule has 21 heavy (non-hydrogen) atoms. The summed E-state index contributed by atoms with van der Waals surface area (Å²) in [6, 6.07) is 1.96. The van der Waals surface area contributed by atoms with Crippen LogP contribution < -0.4 is 9.44 Å². The van der Waals surface area contributed by atoms with E-state index >= 15 is 0 Å². The van der Waals surface area contributed by atoms with Gasteiger partial charge in [-0.1, -0.05) is 11.9 Å². The third-order valence-corrected chi connectivity index (χ3v) is 4.05. The van der Waals surface area contributed by atoms with Gasteiger partial charge in [0, 0.05) is 10.8 Å². The van der Waals surface area contributed by atoms with Gasteiger partial charge in [0.05, 0.1) is 6.26 Å². The number of nitrogens with one attached hydrogen (secondary N) is 2. The molecule has 0 spiro atoms. The first-order valence-corrected chi connectivity index (χ1v) is 9.00. The highest BCUT2D eigenvalue weighted by Gasteiger charge is 2.19. The molecular weight excluding hydrogens is 318 g/mol. The highest BCUT2D eigenvalue weighted by molar-refractivity contribution is 7.98. The molecular formula is C13H20F2N2O2S2. The molecule has 0 aliphatic rings. The van der Waals surface area contributed by atoms with E-state index in [9.17, 15) is 17.2 Å². The van der Waals surface area contributed by atoms with Gasteiger partial charge in [-0.15, -0.1) is 0 Å². The summed E-state index contributed by atoms with van der Waals surface area (Å²) in [5, 5.41) is 0. The number of rotatable bonds is 5. The fourth-order valence-electron chi connectivity index (χ4n) is 1.46. The van der Waals surface area contributed by atoms with Crippen LogP contribution in [0.25, 0.3) is 0 Å². The molecule has 2 N–H and O–H groups in total. The van der Waals surface area contributed by atoms with Crippen molar-refractivity contribution < 1.29 is 17.2 Å². The van der Waals surface area contributed by atoms with Crippen LogP contribution in [0.15, 0.2) is 12.1 Å². The molecule has 0 saturated heterocycles. The maximum absolute atomic E-state index is 13.9. The summed E-state index contributed by atoms with van der Waals surface area (Å²) < 4.78 is 54.8. The first-order chi connectivity index (χ1) is 9.39. The van der Waals surface area contributed by atoms with E-state index in [2.05, 4.69) is 4.72 Å². The summed E-state index contributed by atoms with van der Waals surface area (Å²) in [6.45, 7) is 7.81. The SMILES string of the molecule is C[C@@H](NSC(C)(C)C)c1cc(F)c(NS(C)(=O)=O)c(F)c1. The number of sulfonamides is 1. The minimum atomic E-state index is -3.73. The Hall–Kier alpha value is -0.860. The van der Waals surface area contributed by atoms with Gasteiger partial charge in [-0.2, -0.15) is 0 Å². The number of benzene rings is 1. The third-order valence-electron chi connectivity index (χ3n) is 2.39. The lowest BCUT2D eigenvalue weighted by atomic mass is 10.1. The quantitative estimate of drug-likeness (QED) is 0.808. The second-order valence-electron chi connectivity index (χ2n) is 5.79. The zero-order valence-electron chi connectivity index (χ0n) is 12.6. The summed E-state index contributed by atoms with van der Waals surface area (Å²) in [7, 11) is -3.73. The molecule has 0 heterocycles. The van der Waals surface area contributed by atoms with Crippen LogP contribution in [0.1, 0.15) is 39.3 Å². The summed E-state index contributed by atoms with van der Waals surface area (Å²) in [4.78, 5) is 0. The Morgan fingerprint density at radius 3 is 2.05 bits per heavy atom. The van der Waals surface area contributed by atoms with Gasteiger partial charge in [0.1, 0.15) is 5.69 Å². The first kappa shape index (κ1) is 18.2. The second-order valence-corrected chi connectivity index (χ2v) is 9.20. The minimum Gasteiger partial charge on any atom is -0.278 e. The summed E-state index contributed by atoms with van der Waals surface area (Å²) in [6.07, 6.45) is 0.837. The van der Waals surface area contributed by atoms with Crippen molar-refractivity contribution in [3.05, 3.63) is 29.3 Å². The average molecular weight is 338 g/mol. The number of hydrogen-bond acceptors (Lipinski definition) is 4. The topological polar surface area (TPSA) is 58.2 Å². The normalized spacial score (nSPS) is 14.0. The van der Waals surface area contributed by atoms with Crippen molar-refractivity contribution in [1.82, 2.24) is 4.72 Å². The van der Waals surface area contributed by atoms with Crippen LogP contribution in [0.4, 0.5) is 14.5 Å². The van der Waals surface area contributed by atoms with Crippen molar-refractivity contribution in [3.63, 3.8) is 0 Å². The van der Waals surface area contributed by atoms with Gasteiger partial charge in [-0.05, 0) is 45.4 Å². The molecule has 1 atom stereocenters. The van der Waals surface area contributed by atoms with Crippen molar-refractivity contribution >= 4 is 27.7 Å². The molecule has 0 fully saturated rings. The minimum absolute atomic E-state index is 0.0386. The highest BCUT2D eigenvalue weighted by Crippen LogP contribution is 2.28. The lowest BCUT2D eigenvalue weighted by Gasteiger charge is -2.22. The third kappa shape index (κ3) is 6.19. The van der Waals surface area contributed by atoms with Gasteiger partial charge in [0.25, 0.3) is 0 Å². The van der Waals surface area contributed by atoms with E-state index in [4.69, 9.17) is 0 Å². The van der Waals surface area contributed by atoms with Gasteiger partial charge in [-0.25, -0.2) is 17.2 Å². The molecule has 0 amide bonds. The molecule has 0 saturated carbocycles. The van der Waals surface area contributed by atoms with E-state index in [0.717, 1.165) is 18.4 Å². The monoisotopic (exact) mass is 338 g/mol. The highest BCUT2D eigenvalue weighted by atomic mass is 32.2. The molecule has 0 radical (unpaired) electrons. The molecule has 0 aliphatic carbocycles. The first-order valence-electron chi connectivity index (χ1n) is 6.29. The van der Waals surface area contributed by atoms with Gasteiger partial charge < -0.3 is 0 Å². The zero-order valence-corrected chi connectivity index (χ0v) is 14.3. The van der Waals surface area contributed by atoms with Gasteiger partial charge >= 0.3 is 0 Å². The van der Waals surface area contributed by atoms with Crippen molar-refractivity contribution in [2.75, 3.05) is 11.0 Å². The second kappa shape index (κ2) is 6.50. The van der Waals surface area contributed by atoms with Gasteiger partial charge in [-0.3, -0.25) is 9.44 Å². The van der Waals surface area contributed by atoms with Crippen LogP contribution in [0.2, 0.25) is 0 Å². The number of hydrogen-bond donors (Lipinski definition) is 2. The number of anilines is 1. The van der Waals surface area contributed by atoms with Crippen LogP contribution in [-0.4, -0.2) is 19.4 Å². The van der Waals surface area contributed by atoms with E-state index in [1.54, 1.807) is 6.92 Å². The molecule has 120 valence electrons. The van der Waals surface area contributed by atoms with Crippen LogP contribution >= 0.6 is 11.9 Å². The van der Waals surface area contributed by atoms with Gasteiger partial charge in [0.2, 0.25) is 10.0 Å². The van der Waals surface area contributed by atoms with Crippen LogP contribution in [-0.2, 0) is 10.0 Å². The molecule has 4 nitrogen and oxygen atoms in total. The van der Waals surface area contributed by atoms with Gasteiger partial charge in [0.15, 0.2) is 11.6 Å². The van der Waals surface area contributed by atoms with Crippen LogP contribution in [0.3, 0.4) is 0 Å². The molecule has 0 aliphatic heterocycles. The Morgan fingerprint density at radius 2 is 1.67 bits per heavy atom. The summed E-state index contributed by atoms with van der Waals surface area (Å²) >= 11 is 1.46. The molecule has 1 aromatic rings. The fourth-order valence-corrected chi connectivity index (χ4v) is 2.69. The van der Waals surface area contributed by atoms with E-state index in [-0.39, 0.29) is 10.8 Å². The predicted octanol–water partition coefficient (Wildman–Crippen LogP) is 3.43. The Kier molecular flexibility index (Phi) is 5.63. The summed E-state index contributed by atoms with van der Waals surface area (Å²) in [5.74, 6) is -1.88. The van der Waals surface area contributed by atoms with E-state index in [1.165, 1.54) is 11.9 Å². The fraction of sp³-hybridized carbons (Fsp3) is 0.538. The Bertz CT molecular complexity index is 590. The van der Waals surface area contributed by atoms with Crippen molar-refractivity contribution in [2.24, 2.45) is 0 Å². The van der Waals surface area contributed by atoms with E-state index < -0.39 is 27.3 Å². The molecule has 1 aromatic carbocycles. The molecule has 1 rings (SSSR count).